The van der Waals surface area contributed by atoms with E-state index >= 15 is 0 Å². The van der Waals surface area contributed by atoms with E-state index in [4.69, 9.17) is 11.6 Å². The van der Waals surface area contributed by atoms with Crippen LogP contribution in [0.3, 0.4) is 0 Å². The Morgan fingerprint density at radius 3 is 2.62 bits per heavy atom. The van der Waals surface area contributed by atoms with Crippen molar-refractivity contribution in [1.82, 2.24) is 0 Å². The minimum atomic E-state index is -3.60. The maximum atomic E-state index is 13.0. The molecule has 0 saturated heterocycles. The van der Waals surface area contributed by atoms with Crippen molar-refractivity contribution in [3.8, 4) is 0 Å². The van der Waals surface area contributed by atoms with Gasteiger partial charge in [-0.25, -0.2) is 4.79 Å². The lowest BCUT2D eigenvalue weighted by Crippen LogP contribution is -2.25. The van der Waals surface area contributed by atoms with Crippen LogP contribution < -0.4 is 0 Å². The molecule has 1 rings (SSSR count). The van der Waals surface area contributed by atoms with Crippen LogP contribution in [0.2, 0.25) is 4.34 Å². The molecule has 0 fully saturated rings. The van der Waals surface area contributed by atoms with E-state index in [1.807, 2.05) is 0 Å². The molecule has 6 heteroatoms. The average Bonchev–Trinajstić information content (AvgIpc) is 2.50. The molecule has 0 radical (unpaired) electrons. The first-order chi connectivity index (χ1) is 5.98. The molecule has 0 aliphatic carbocycles. The smallest absolute Gasteiger partial charge is 0.382 e. The molecule has 13 heavy (non-hydrogen) atoms. The number of carbonyl (C=O) groups excluding carboxylic acids is 1. The fourth-order valence-corrected chi connectivity index (χ4v) is 1.72. The molecular weight excluding hydrogens is 222 g/mol. The Hall–Kier alpha value is -0.680. The minimum Gasteiger partial charge on any atom is -0.464 e. The molecule has 0 unspecified atom stereocenters. The second kappa shape index (κ2) is 3.59. The molecule has 0 bridgehead atoms. The molecule has 1 aromatic heterocycles. The summed E-state index contributed by atoms with van der Waals surface area (Å²) in [5, 5.41) is 0. The van der Waals surface area contributed by atoms with E-state index in [-0.39, 0.29) is 4.34 Å². The average molecular weight is 227 g/mol. The highest BCUT2D eigenvalue weighted by Gasteiger charge is 2.43. The highest BCUT2D eigenvalue weighted by atomic mass is 35.5. The third kappa shape index (κ3) is 1.97. The molecule has 0 aliphatic heterocycles. The van der Waals surface area contributed by atoms with Crippen molar-refractivity contribution in [3.63, 3.8) is 0 Å². The van der Waals surface area contributed by atoms with Crippen LogP contribution in [-0.2, 0) is 15.5 Å². The zero-order chi connectivity index (χ0) is 10.1. The zero-order valence-electron chi connectivity index (χ0n) is 6.51. The number of ether oxygens (including phenoxy) is 1. The van der Waals surface area contributed by atoms with Gasteiger partial charge >= 0.3 is 11.9 Å². The van der Waals surface area contributed by atoms with Crippen molar-refractivity contribution in [2.45, 2.75) is 5.92 Å². The molecule has 0 aromatic carbocycles. The number of halogens is 3. The normalized spacial score (nSPS) is 11.4. The van der Waals surface area contributed by atoms with E-state index in [1.54, 1.807) is 0 Å². The first kappa shape index (κ1) is 10.4. The van der Waals surface area contributed by atoms with Crippen LogP contribution >= 0.6 is 22.9 Å². The van der Waals surface area contributed by atoms with Gasteiger partial charge in [-0.05, 0) is 12.1 Å². The van der Waals surface area contributed by atoms with Crippen molar-refractivity contribution in [2.75, 3.05) is 7.11 Å². The molecule has 0 atom stereocenters. The van der Waals surface area contributed by atoms with Crippen LogP contribution in [0.1, 0.15) is 4.88 Å². The van der Waals surface area contributed by atoms with Crippen LogP contribution in [0.5, 0.6) is 0 Å². The van der Waals surface area contributed by atoms with Gasteiger partial charge in [0.25, 0.3) is 0 Å². The first-order valence-electron chi connectivity index (χ1n) is 3.20. The van der Waals surface area contributed by atoms with E-state index in [0.717, 1.165) is 13.2 Å². The molecule has 72 valence electrons. The molecule has 1 aromatic rings. The van der Waals surface area contributed by atoms with Crippen LogP contribution in [0.4, 0.5) is 8.78 Å². The summed E-state index contributed by atoms with van der Waals surface area (Å²) in [5.74, 6) is -5.18. The van der Waals surface area contributed by atoms with Gasteiger partial charge in [-0.3, -0.25) is 0 Å². The van der Waals surface area contributed by atoms with Gasteiger partial charge in [0.1, 0.15) is 0 Å². The Labute approximate surface area is 82.1 Å². The predicted molar refractivity (Wildman–Crippen MR) is 45.2 cm³/mol. The number of carbonyl (C=O) groups is 1. The van der Waals surface area contributed by atoms with Gasteiger partial charge in [0, 0.05) is 0 Å². The number of esters is 1. The van der Waals surface area contributed by atoms with Gasteiger partial charge < -0.3 is 4.74 Å². The summed E-state index contributed by atoms with van der Waals surface area (Å²) >= 11 is 6.10. The second-order valence-corrected chi connectivity index (χ2v) is 3.88. The summed E-state index contributed by atoms with van der Waals surface area (Å²) in [4.78, 5) is 10.2. The second-order valence-electron chi connectivity index (χ2n) is 2.17. The molecule has 2 nitrogen and oxygen atoms in total. The number of hydrogen-bond acceptors (Lipinski definition) is 3. The summed E-state index contributed by atoms with van der Waals surface area (Å²) in [6.45, 7) is 0. The van der Waals surface area contributed by atoms with Gasteiger partial charge in [0.05, 0.1) is 16.3 Å². The quantitative estimate of drug-likeness (QED) is 0.725. The monoisotopic (exact) mass is 226 g/mol. The van der Waals surface area contributed by atoms with Crippen molar-refractivity contribution >= 4 is 28.9 Å². The van der Waals surface area contributed by atoms with Gasteiger partial charge in [-0.2, -0.15) is 8.78 Å². The van der Waals surface area contributed by atoms with Crippen LogP contribution in [-0.4, -0.2) is 13.1 Å². The predicted octanol–water partition coefficient (Wildman–Crippen LogP) is 2.67. The Bertz CT molecular complexity index is 324. The third-order valence-electron chi connectivity index (χ3n) is 1.32. The van der Waals surface area contributed by atoms with E-state index in [0.29, 0.717) is 11.3 Å². The number of methoxy groups -OCH3 is 1. The lowest BCUT2D eigenvalue weighted by molar-refractivity contribution is -0.169. The highest BCUT2D eigenvalue weighted by Crippen LogP contribution is 2.36. The third-order valence-corrected chi connectivity index (χ3v) is 2.63. The van der Waals surface area contributed by atoms with Crippen LogP contribution in [0.15, 0.2) is 12.1 Å². The molecule has 0 spiro atoms. The fourth-order valence-electron chi connectivity index (χ4n) is 0.712. The molecule has 0 N–H and O–H groups in total. The lowest BCUT2D eigenvalue weighted by atomic mass is 10.3. The SMILES string of the molecule is COC(=O)C(F)(F)c1ccc(Cl)s1. The van der Waals surface area contributed by atoms with Crippen molar-refractivity contribution < 1.29 is 18.3 Å². The topological polar surface area (TPSA) is 26.3 Å². The Morgan fingerprint density at radius 1 is 1.62 bits per heavy atom. The largest absolute Gasteiger partial charge is 0.464 e. The number of alkyl halides is 2. The van der Waals surface area contributed by atoms with E-state index in [2.05, 4.69) is 4.74 Å². The standard InChI is InChI=1S/C7H5ClF2O2S/c1-12-6(11)7(9,10)4-2-3-5(8)13-4/h2-3H,1H3. The lowest BCUT2D eigenvalue weighted by Gasteiger charge is -2.10. The van der Waals surface area contributed by atoms with Gasteiger partial charge in [0.15, 0.2) is 0 Å². The summed E-state index contributed by atoms with van der Waals surface area (Å²) in [6, 6.07) is 2.41. The molecular formula is C7H5ClF2O2S. The van der Waals surface area contributed by atoms with Gasteiger partial charge in [0.2, 0.25) is 0 Å². The zero-order valence-corrected chi connectivity index (χ0v) is 8.09. The summed E-state index contributed by atoms with van der Waals surface area (Å²) in [7, 11) is 0.908. The Balaban J connectivity index is 2.99. The van der Waals surface area contributed by atoms with Crippen LogP contribution in [0, 0.1) is 0 Å². The maximum absolute atomic E-state index is 13.0. The van der Waals surface area contributed by atoms with Crippen LogP contribution in [0.25, 0.3) is 0 Å². The maximum Gasteiger partial charge on any atom is 0.382 e. The van der Waals surface area contributed by atoms with Crippen molar-refractivity contribution in [3.05, 3.63) is 21.3 Å². The minimum absolute atomic E-state index is 0.207. The molecule has 0 saturated carbocycles. The molecule has 0 aliphatic rings. The summed E-state index contributed by atoms with van der Waals surface area (Å²) in [5.41, 5.74) is 0. The summed E-state index contributed by atoms with van der Waals surface area (Å²) in [6.07, 6.45) is 0. The number of thiophene rings is 1. The van der Waals surface area contributed by atoms with Crippen molar-refractivity contribution in [2.24, 2.45) is 0 Å². The number of hydrogen-bond donors (Lipinski definition) is 0. The Morgan fingerprint density at radius 2 is 2.23 bits per heavy atom. The highest BCUT2D eigenvalue weighted by molar-refractivity contribution is 7.16. The van der Waals surface area contributed by atoms with Gasteiger partial charge in [-0.1, -0.05) is 11.6 Å². The van der Waals surface area contributed by atoms with Crippen molar-refractivity contribution in [1.29, 1.82) is 0 Å². The first-order valence-corrected chi connectivity index (χ1v) is 4.40. The van der Waals surface area contributed by atoms with E-state index in [1.165, 1.54) is 6.07 Å². The molecule has 0 amide bonds. The Kier molecular flexibility index (Phi) is 2.87. The molecule has 1 heterocycles. The number of rotatable bonds is 2. The van der Waals surface area contributed by atoms with E-state index < -0.39 is 16.8 Å². The van der Waals surface area contributed by atoms with Gasteiger partial charge in [-0.15, -0.1) is 11.3 Å². The fraction of sp³-hybridized carbons (Fsp3) is 0.286. The summed E-state index contributed by atoms with van der Waals surface area (Å²) < 4.78 is 30.2. The van der Waals surface area contributed by atoms with E-state index in [9.17, 15) is 13.6 Å².